The van der Waals surface area contributed by atoms with Crippen molar-refractivity contribution in [2.75, 3.05) is 20.8 Å². The average Bonchev–Trinajstić information content (AvgIpc) is 3.11. The van der Waals surface area contributed by atoms with Crippen molar-refractivity contribution in [1.82, 2.24) is 5.01 Å². The number of methoxy groups -OCH3 is 2. The van der Waals surface area contributed by atoms with Crippen molar-refractivity contribution < 1.29 is 23.7 Å². The smallest absolute Gasteiger partial charge is 0.247 e. The lowest BCUT2D eigenvalue weighted by Gasteiger charge is -2.21. The molecular weight excluding hydrogens is 372 g/mol. The van der Waals surface area contributed by atoms with Crippen LogP contribution in [0.2, 0.25) is 5.02 Å². The number of hydrogen-bond donors (Lipinski definition) is 0. The average molecular weight is 391 g/mol. The minimum Gasteiger partial charge on any atom is -0.497 e. The van der Waals surface area contributed by atoms with Gasteiger partial charge in [-0.15, -0.1) is 5.10 Å². The molecule has 8 heteroatoms. The van der Waals surface area contributed by atoms with Gasteiger partial charge in [0.1, 0.15) is 17.2 Å². The highest BCUT2D eigenvalue weighted by atomic mass is 35.5. The Morgan fingerprint density at radius 2 is 1.85 bits per heavy atom. The second-order valence-corrected chi connectivity index (χ2v) is 6.11. The second kappa shape index (κ2) is 8.18. The van der Waals surface area contributed by atoms with Gasteiger partial charge in [0.2, 0.25) is 18.0 Å². The molecule has 0 spiro atoms. The van der Waals surface area contributed by atoms with Crippen molar-refractivity contribution in [1.29, 1.82) is 0 Å². The fourth-order valence-electron chi connectivity index (χ4n) is 2.57. The van der Waals surface area contributed by atoms with Crippen LogP contribution in [-0.2, 0) is 9.53 Å². The van der Waals surface area contributed by atoms with E-state index in [1.165, 1.54) is 19.0 Å². The van der Waals surface area contributed by atoms with Gasteiger partial charge in [0, 0.05) is 18.0 Å². The predicted octanol–water partition coefficient (Wildman–Crippen LogP) is 3.63. The fraction of sp³-hybridized carbons (Fsp3) is 0.263. The number of benzene rings is 2. The maximum Gasteiger partial charge on any atom is 0.247 e. The summed E-state index contributed by atoms with van der Waals surface area (Å²) in [6, 6.07) is 12.2. The molecule has 0 saturated carbocycles. The van der Waals surface area contributed by atoms with E-state index in [1.54, 1.807) is 49.6 Å². The van der Waals surface area contributed by atoms with Crippen LogP contribution in [0.1, 0.15) is 18.7 Å². The lowest BCUT2D eigenvalue weighted by atomic mass is 10.1. The van der Waals surface area contributed by atoms with Crippen LogP contribution >= 0.6 is 11.6 Å². The molecule has 0 bridgehead atoms. The Hall–Kier alpha value is -2.93. The third-order valence-corrected chi connectivity index (χ3v) is 4.15. The number of hydrazone groups is 1. The molecule has 2 aromatic rings. The highest BCUT2D eigenvalue weighted by Gasteiger charge is 2.34. The first-order valence-electron chi connectivity index (χ1n) is 8.16. The molecule has 27 heavy (non-hydrogen) atoms. The van der Waals surface area contributed by atoms with Gasteiger partial charge in [0.25, 0.3) is 0 Å². The van der Waals surface area contributed by atoms with Crippen molar-refractivity contribution in [2.45, 2.75) is 13.2 Å². The van der Waals surface area contributed by atoms with E-state index < -0.39 is 6.23 Å². The molecule has 1 atom stereocenters. The van der Waals surface area contributed by atoms with Crippen molar-refractivity contribution in [3.05, 3.63) is 53.1 Å². The molecule has 0 N–H and O–H groups in total. The summed E-state index contributed by atoms with van der Waals surface area (Å²) in [5, 5.41) is 6.11. The van der Waals surface area contributed by atoms with Crippen molar-refractivity contribution in [3.63, 3.8) is 0 Å². The molecule has 0 saturated heterocycles. The molecule has 1 unspecified atom stereocenters. The molecule has 2 aromatic carbocycles. The number of hydrogen-bond acceptors (Lipinski definition) is 6. The van der Waals surface area contributed by atoms with Gasteiger partial charge < -0.3 is 18.9 Å². The Labute approximate surface area is 162 Å². The molecule has 3 rings (SSSR count). The van der Waals surface area contributed by atoms with Gasteiger partial charge in [0.15, 0.2) is 6.61 Å². The van der Waals surface area contributed by atoms with E-state index >= 15 is 0 Å². The molecule has 1 heterocycles. The normalized spacial score (nSPS) is 15.8. The molecule has 0 fully saturated rings. The Kier molecular flexibility index (Phi) is 5.71. The third kappa shape index (κ3) is 4.25. The second-order valence-electron chi connectivity index (χ2n) is 5.68. The number of ether oxygens (including phenoxy) is 4. The Morgan fingerprint density at radius 1 is 1.15 bits per heavy atom. The van der Waals surface area contributed by atoms with E-state index in [4.69, 9.17) is 30.5 Å². The molecule has 0 aromatic heterocycles. The summed E-state index contributed by atoms with van der Waals surface area (Å²) in [7, 11) is 3.11. The van der Waals surface area contributed by atoms with Gasteiger partial charge in [-0.05, 0) is 36.4 Å². The van der Waals surface area contributed by atoms with Gasteiger partial charge in [-0.25, -0.2) is 0 Å². The minimum absolute atomic E-state index is 0.0698. The maximum atomic E-state index is 12.0. The van der Waals surface area contributed by atoms with E-state index in [0.717, 1.165) is 0 Å². The molecule has 1 amide bonds. The first kappa shape index (κ1) is 18.8. The third-order valence-electron chi connectivity index (χ3n) is 3.89. The molecule has 7 nitrogen and oxygen atoms in total. The van der Waals surface area contributed by atoms with Crippen LogP contribution in [0.5, 0.6) is 17.2 Å². The first-order chi connectivity index (χ1) is 13.0. The first-order valence-corrected chi connectivity index (χ1v) is 8.54. The van der Waals surface area contributed by atoms with Crippen LogP contribution in [0.3, 0.4) is 0 Å². The predicted molar refractivity (Wildman–Crippen MR) is 100 cm³/mol. The molecule has 0 aliphatic carbocycles. The molecule has 142 valence electrons. The maximum absolute atomic E-state index is 12.0. The number of carbonyl (C=O) groups excluding carboxylic acids is 1. The van der Waals surface area contributed by atoms with Crippen LogP contribution in [-0.4, -0.2) is 37.6 Å². The number of nitrogens with zero attached hydrogens (tertiary/aromatic N) is 2. The van der Waals surface area contributed by atoms with E-state index in [-0.39, 0.29) is 18.4 Å². The summed E-state index contributed by atoms with van der Waals surface area (Å²) in [6.07, 6.45) is -0.743. The van der Waals surface area contributed by atoms with Gasteiger partial charge in [0.05, 0.1) is 19.8 Å². The van der Waals surface area contributed by atoms with Crippen LogP contribution < -0.4 is 14.2 Å². The van der Waals surface area contributed by atoms with Crippen LogP contribution in [0.25, 0.3) is 0 Å². The summed E-state index contributed by atoms with van der Waals surface area (Å²) in [5.41, 5.74) is 0.652. The number of amides is 1. The van der Waals surface area contributed by atoms with Crippen molar-refractivity contribution in [3.8, 4) is 17.2 Å². The van der Waals surface area contributed by atoms with Crippen LogP contribution in [0.4, 0.5) is 0 Å². The SMILES string of the molecule is COc1ccc(C2OC(COc3ccc(Cl)cc3)=NN2C(C)=O)c(OC)c1. The van der Waals surface area contributed by atoms with E-state index in [1.807, 2.05) is 0 Å². The van der Waals surface area contributed by atoms with Crippen molar-refractivity contribution >= 4 is 23.4 Å². The van der Waals surface area contributed by atoms with Crippen LogP contribution in [0.15, 0.2) is 47.6 Å². The molecule has 1 aliphatic heterocycles. The summed E-state index contributed by atoms with van der Waals surface area (Å²) in [5.74, 6) is 1.80. The fourth-order valence-corrected chi connectivity index (χ4v) is 2.69. The monoisotopic (exact) mass is 390 g/mol. The van der Waals surface area contributed by atoms with Crippen LogP contribution in [0, 0.1) is 0 Å². The standard InChI is InChI=1S/C19H19ClN2O5/c1-12(23)22-19(16-9-8-15(24-2)10-17(16)25-3)27-18(21-22)11-26-14-6-4-13(20)5-7-14/h4-10,19H,11H2,1-3H3. The lowest BCUT2D eigenvalue weighted by Crippen LogP contribution is -2.25. The zero-order valence-corrected chi connectivity index (χ0v) is 15.9. The molecule has 1 aliphatic rings. The highest BCUT2D eigenvalue weighted by molar-refractivity contribution is 6.30. The van der Waals surface area contributed by atoms with Gasteiger partial charge in [-0.1, -0.05) is 11.6 Å². The quantitative estimate of drug-likeness (QED) is 0.753. The van der Waals surface area contributed by atoms with E-state index in [2.05, 4.69) is 5.10 Å². The number of halogens is 1. The Bertz CT molecular complexity index is 854. The molecular formula is C19H19ClN2O5. The van der Waals surface area contributed by atoms with Gasteiger partial charge in [-0.2, -0.15) is 5.01 Å². The van der Waals surface area contributed by atoms with Gasteiger partial charge >= 0.3 is 0 Å². The Morgan fingerprint density at radius 3 is 2.48 bits per heavy atom. The van der Waals surface area contributed by atoms with Crippen molar-refractivity contribution in [2.24, 2.45) is 5.10 Å². The zero-order valence-electron chi connectivity index (χ0n) is 15.1. The summed E-state index contributed by atoms with van der Waals surface area (Å²) in [4.78, 5) is 12.0. The highest BCUT2D eigenvalue weighted by Crippen LogP contribution is 2.36. The molecule has 0 radical (unpaired) electrons. The Balaban J connectivity index is 1.78. The largest absolute Gasteiger partial charge is 0.497 e. The van der Waals surface area contributed by atoms with Gasteiger partial charge in [-0.3, -0.25) is 4.79 Å². The lowest BCUT2D eigenvalue weighted by molar-refractivity contribution is -0.135. The number of rotatable bonds is 6. The minimum atomic E-state index is -0.743. The van der Waals surface area contributed by atoms with E-state index in [0.29, 0.717) is 27.8 Å². The number of carbonyl (C=O) groups is 1. The van der Waals surface area contributed by atoms with E-state index in [9.17, 15) is 4.79 Å². The topological polar surface area (TPSA) is 69.6 Å². The zero-order chi connectivity index (χ0) is 19.4. The summed E-state index contributed by atoms with van der Waals surface area (Å²) in [6.45, 7) is 1.49. The summed E-state index contributed by atoms with van der Waals surface area (Å²) < 4.78 is 22.1. The summed E-state index contributed by atoms with van der Waals surface area (Å²) >= 11 is 5.86.